The second-order valence-electron chi connectivity index (χ2n) is 7.17. The number of para-hydroxylation sites is 1. The summed E-state index contributed by atoms with van der Waals surface area (Å²) in [5, 5.41) is 5.19. The van der Waals surface area contributed by atoms with E-state index in [9.17, 15) is 19.2 Å². The average molecular weight is 424 g/mol. The first kappa shape index (κ1) is 20.4. The molecule has 1 fully saturated rings. The number of amides is 3. The summed E-state index contributed by atoms with van der Waals surface area (Å²) in [6, 6.07) is 3.96. The van der Waals surface area contributed by atoms with Crippen molar-refractivity contribution in [1.82, 2.24) is 19.9 Å². The Labute approximate surface area is 175 Å². The summed E-state index contributed by atoms with van der Waals surface area (Å²) in [7, 11) is 0. The summed E-state index contributed by atoms with van der Waals surface area (Å²) < 4.78 is 6.60. The van der Waals surface area contributed by atoms with Gasteiger partial charge in [0.1, 0.15) is 23.1 Å². The van der Waals surface area contributed by atoms with Gasteiger partial charge in [0.2, 0.25) is 17.7 Å². The van der Waals surface area contributed by atoms with E-state index >= 15 is 0 Å². The number of carbonyl (C=O) groups is 3. The third kappa shape index (κ3) is 3.59. The number of nitrogens with zero attached hydrogens (tertiary/aromatic N) is 3. The van der Waals surface area contributed by atoms with E-state index in [1.165, 1.54) is 4.57 Å². The van der Waals surface area contributed by atoms with E-state index in [0.29, 0.717) is 11.4 Å². The molecule has 1 atom stereocenters. The lowest BCUT2D eigenvalue weighted by molar-refractivity contribution is -0.135. The minimum absolute atomic E-state index is 0.0586. The zero-order valence-electron chi connectivity index (χ0n) is 16.9. The Morgan fingerprint density at radius 1 is 1.29 bits per heavy atom. The smallest absolute Gasteiger partial charge is 0.277 e. The van der Waals surface area contributed by atoms with Crippen LogP contribution in [0.25, 0.3) is 10.9 Å². The van der Waals surface area contributed by atoms with Crippen LogP contribution in [0.5, 0.6) is 0 Å². The fourth-order valence-corrected chi connectivity index (χ4v) is 3.66. The van der Waals surface area contributed by atoms with Crippen molar-refractivity contribution in [2.75, 3.05) is 5.32 Å². The second-order valence-corrected chi connectivity index (χ2v) is 7.17. The first-order valence-corrected chi connectivity index (χ1v) is 9.63. The number of nitrogens with one attached hydrogen (secondary N) is 2. The van der Waals surface area contributed by atoms with Gasteiger partial charge >= 0.3 is 0 Å². The largest absolute Gasteiger partial charge is 0.444 e. The van der Waals surface area contributed by atoms with Gasteiger partial charge < -0.3 is 15.5 Å². The predicted molar refractivity (Wildman–Crippen MR) is 109 cm³/mol. The van der Waals surface area contributed by atoms with Crippen LogP contribution in [0.4, 0.5) is 5.69 Å². The Bertz CT molecular complexity index is 1290. The van der Waals surface area contributed by atoms with Gasteiger partial charge in [-0.1, -0.05) is 6.07 Å². The first-order valence-electron chi connectivity index (χ1n) is 9.63. The molecule has 11 heteroatoms. The standard InChI is InChI=1S/C20H20N6O5/c1-9-16(25-15(8-21)31-9)19(29)23-12-5-3-4-11-17(12)22-10(2)26(20(11)30)13-6-7-14(27)24-18(13)28/h3-5,13H,6-8,21H2,1-2H3,(H,23,29)(H,24,27,28). The van der Waals surface area contributed by atoms with Crippen LogP contribution in [-0.4, -0.2) is 32.3 Å². The highest BCUT2D eigenvalue weighted by atomic mass is 16.4. The summed E-state index contributed by atoms with van der Waals surface area (Å²) in [5.41, 5.74) is 5.75. The number of oxazole rings is 1. The molecule has 0 aliphatic carbocycles. The molecular formula is C20H20N6O5. The van der Waals surface area contributed by atoms with Crippen LogP contribution in [0.15, 0.2) is 27.4 Å². The molecule has 3 aromatic rings. The monoisotopic (exact) mass is 424 g/mol. The minimum Gasteiger partial charge on any atom is -0.444 e. The summed E-state index contributed by atoms with van der Waals surface area (Å²) in [5.74, 6) is -0.584. The molecule has 3 amide bonds. The molecule has 160 valence electrons. The number of aromatic nitrogens is 3. The highest BCUT2D eigenvalue weighted by Gasteiger charge is 2.30. The minimum atomic E-state index is -0.826. The van der Waals surface area contributed by atoms with Gasteiger partial charge in [-0.25, -0.2) is 9.97 Å². The van der Waals surface area contributed by atoms with Gasteiger partial charge in [0, 0.05) is 6.42 Å². The van der Waals surface area contributed by atoms with E-state index in [4.69, 9.17) is 10.2 Å². The van der Waals surface area contributed by atoms with Gasteiger partial charge in [-0.05, 0) is 32.4 Å². The highest BCUT2D eigenvalue weighted by molar-refractivity contribution is 6.07. The van der Waals surface area contributed by atoms with Crippen molar-refractivity contribution in [1.29, 1.82) is 0 Å². The molecule has 4 N–H and O–H groups in total. The maximum absolute atomic E-state index is 13.2. The Balaban J connectivity index is 1.75. The number of hydrogen-bond donors (Lipinski definition) is 3. The fraction of sp³-hybridized carbons (Fsp3) is 0.300. The molecule has 31 heavy (non-hydrogen) atoms. The Morgan fingerprint density at radius 3 is 2.74 bits per heavy atom. The number of carbonyl (C=O) groups excluding carboxylic acids is 3. The van der Waals surface area contributed by atoms with E-state index in [2.05, 4.69) is 20.6 Å². The number of rotatable bonds is 4. The lowest BCUT2D eigenvalue weighted by Crippen LogP contribution is -2.45. The number of anilines is 1. The molecule has 1 aliphatic heterocycles. The van der Waals surface area contributed by atoms with Crippen molar-refractivity contribution in [2.45, 2.75) is 39.3 Å². The highest BCUT2D eigenvalue weighted by Crippen LogP contribution is 2.24. The molecule has 2 aromatic heterocycles. The molecule has 1 aliphatic rings. The molecule has 0 radical (unpaired) electrons. The lowest BCUT2D eigenvalue weighted by Gasteiger charge is -2.24. The quantitative estimate of drug-likeness (QED) is 0.515. The van der Waals surface area contributed by atoms with Gasteiger partial charge in [-0.3, -0.25) is 29.1 Å². The van der Waals surface area contributed by atoms with Crippen molar-refractivity contribution in [2.24, 2.45) is 5.73 Å². The Morgan fingerprint density at radius 2 is 2.06 bits per heavy atom. The van der Waals surface area contributed by atoms with Crippen LogP contribution in [0, 0.1) is 13.8 Å². The zero-order chi connectivity index (χ0) is 22.3. The van der Waals surface area contributed by atoms with E-state index < -0.39 is 23.4 Å². The van der Waals surface area contributed by atoms with Crippen LogP contribution in [-0.2, 0) is 16.1 Å². The first-order chi connectivity index (χ1) is 14.8. The van der Waals surface area contributed by atoms with Crippen LogP contribution >= 0.6 is 0 Å². The molecule has 4 rings (SSSR count). The van der Waals surface area contributed by atoms with Crippen molar-refractivity contribution in [3.05, 3.63) is 51.7 Å². The number of benzene rings is 1. The van der Waals surface area contributed by atoms with E-state index in [1.54, 1.807) is 32.0 Å². The van der Waals surface area contributed by atoms with Crippen LogP contribution in [0.2, 0.25) is 0 Å². The SMILES string of the molecule is Cc1oc(CN)nc1C(=O)Nc1cccc2c(=O)n(C3CCC(=O)NC3=O)c(C)nc12. The summed E-state index contributed by atoms with van der Waals surface area (Å²) in [6.07, 6.45) is 0.349. The Hall–Kier alpha value is -3.86. The van der Waals surface area contributed by atoms with Crippen molar-refractivity contribution < 1.29 is 18.8 Å². The number of fused-ring (bicyclic) bond motifs is 1. The van der Waals surface area contributed by atoms with Crippen LogP contribution < -0.4 is 21.9 Å². The molecule has 0 saturated carbocycles. The molecule has 3 heterocycles. The van der Waals surface area contributed by atoms with E-state index in [0.717, 1.165) is 0 Å². The molecule has 1 unspecified atom stereocenters. The maximum atomic E-state index is 13.2. The number of aryl methyl sites for hydroxylation is 2. The van der Waals surface area contributed by atoms with Gasteiger partial charge in [0.05, 0.1) is 17.6 Å². The molecule has 1 saturated heterocycles. The van der Waals surface area contributed by atoms with Crippen LogP contribution in [0.1, 0.15) is 46.8 Å². The van der Waals surface area contributed by atoms with E-state index in [-0.39, 0.29) is 53.6 Å². The summed E-state index contributed by atoms with van der Waals surface area (Å²) in [6.45, 7) is 3.26. The zero-order valence-corrected chi connectivity index (χ0v) is 16.9. The van der Waals surface area contributed by atoms with Crippen LogP contribution in [0.3, 0.4) is 0 Å². The molecular weight excluding hydrogens is 404 g/mol. The van der Waals surface area contributed by atoms with Gasteiger partial charge in [-0.15, -0.1) is 0 Å². The van der Waals surface area contributed by atoms with E-state index in [1.807, 2.05) is 0 Å². The van der Waals surface area contributed by atoms with Crippen molar-refractivity contribution in [3.63, 3.8) is 0 Å². The normalized spacial score (nSPS) is 16.4. The number of piperidine rings is 1. The second kappa shape index (κ2) is 7.76. The summed E-state index contributed by atoms with van der Waals surface area (Å²) in [4.78, 5) is 58.1. The molecule has 0 bridgehead atoms. The summed E-state index contributed by atoms with van der Waals surface area (Å²) >= 11 is 0. The van der Waals surface area contributed by atoms with Gasteiger partial charge in [0.15, 0.2) is 5.69 Å². The Kier molecular flexibility index (Phi) is 5.11. The number of imide groups is 1. The van der Waals surface area contributed by atoms with Gasteiger partial charge in [-0.2, -0.15) is 0 Å². The molecule has 0 spiro atoms. The average Bonchev–Trinajstić information content (AvgIpc) is 3.11. The van der Waals surface area contributed by atoms with Gasteiger partial charge in [0.25, 0.3) is 11.5 Å². The van der Waals surface area contributed by atoms with Crippen molar-refractivity contribution >= 4 is 34.3 Å². The third-order valence-corrected chi connectivity index (χ3v) is 5.11. The predicted octanol–water partition coefficient (Wildman–Crippen LogP) is 0.690. The lowest BCUT2D eigenvalue weighted by atomic mass is 10.1. The topological polar surface area (TPSA) is 162 Å². The maximum Gasteiger partial charge on any atom is 0.277 e. The van der Waals surface area contributed by atoms with Crippen molar-refractivity contribution in [3.8, 4) is 0 Å². The fourth-order valence-electron chi connectivity index (χ4n) is 3.66. The third-order valence-electron chi connectivity index (χ3n) is 5.11. The molecule has 11 nitrogen and oxygen atoms in total. The number of nitrogens with two attached hydrogens (primary N) is 1. The number of hydrogen-bond acceptors (Lipinski definition) is 8. The molecule has 1 aromatic carbocycles.